The molecule has 0 unspecified atom stereocenters. The van der Waals surface area contributed by atoms with Crippen molar-refractivity contribution < 1.29 is 9.90 Å². The van der Waals surface area contributed by atoms with Gasteiger partial charge in [-0.05, 0) is 30.7 Å². The van der Waals surface area contributed by atoms with Gasteiger partial charge < -0.3 is 10.4 Å². The van der Waals surface area contributed by atoms with Crippen LogP contribution in [-0.4, -0.2) is 16.1 Å². The highest BCUT2D eigenvalue weighted by Crippen LogP contribution is 2.20. The minimum Gasteiger partial charge on any atom is -0.478 e. The fourth-order valence-corrected chi connectivity index (χ4v) is 1.99. The van der Waals surface area contributed by atoms with E-state index in [1.165, 1.54) is 6.07 Å². The monoisotopic (exact) mass is 281 g/mol. The number of benzene rings is 1. The molecule has 21 heavy (non-hydrogen) atoms. The molecule has 2 rings (SSSR count). The predicted molar refractivity (Wildman–Crippen MR) is 79.6 cm³/mol. The number of para-hydroxylation sites is 1. The fraction of sp³-hybridized carbons (Fsp3) is 0.188. The molecule has 0 aliphatic heterocycles. The first kappa shape index (κ1) is 14.5. The van der Waals surface area contributed by atoms with Gasteiger partial charge in [-0.2, -0.15) is 5.26 Å². The molecule has 0 fully saturated rings. The Labute approximate surface area is 122 Å². The predicted octanol–water partition coefficient (Wildman–Crippen LogP) is 3.35. The topological polar surface area (TPSA) is 86.0 Å². The number of hydrogen-bond donors (Lipinski definition) is 2. The van der Waals surface area contributed by atoms with E-state index in [9.17, 15) is 4.79 Å². The van der Waals surface area contributed by atoms with Crippen LogP contribution in [0.5, 0.6) is 0 Å². The molecule has 0 bridgehead atoms. The van der Waals surface area contributed by atoms with Gasteiger partial charge in [-0.25, -0.2) is 9.78 Å². The van der Waals surface area contributed by atoms with Crippen LogP contribution in [0.4, 0.5) is 11.5 Å². The standard InChI is InChI=1S/C16H15N3O2/c1-2-5-13-8-12(16(20)21)9-15(18-13)19-14-7-4-3-6-11(14)10-17/h3-4,6-9H,2,5H2,1H3,(H,18,19)(H,20,21). The Morgan fingerprint density at radius 2 is 2.14 bits per heavy atom. The summed E-state index contributed by atoms with van der Waals surface area (Å²) in [6.45, 7) is 2.01. The van der Waals surface area contributed by atoms with Crippen LogP contribution in [0.1, 0.15) is 35.0 Å². The molecule has 5 nitrogen and oxygen atoms in total. The smallest absolute Gasteiger partial charge is 0.335 e. The fourth-order valence-electron chi connectivity index (χ4n) is 1.99. The first-order chi connectivity index (χ1) is 10.1. The number of anilines is 2. The van der Waals surface area contributed by atoms with Crippen LogP contribution in [0.15, 0.2) is 36.4 Å². The van der Waals surface area contributed by atoms with Gasteiger partial charge >= 0.3 is 5.97 Å². The van der Waals surface area contributed by atoms with Gasteiger partial charge in [-0.1, -0.05) is 25.5 Å². The second kappa shape index (κ2) is 6.53. The van der Waals surface area contributed by atoms with Gasteiger partial charge in [0.2, 0.25) is 0 Å². The molecule has 2 aromatic rings. The summed E-state index contributed by atoms with van der Waals surface area (Å²) in [7, 11) is 0. The van der Waals surface area contributed by atoms with Gasteiger partial charge in [-0.3, -0.25) is 0 Å². The van der Waals surface area contributed by atoms with E-state index in [0.29, 0.717) is 29.2 Å². The first-order valence-electron chi connectivity index (χ1n) is 6.64. The maximum absolute atomic E-state index is 11.2. The van der Waals surface area contributed by atoms with Crippen LogP contribution in [0, 0.1) is 11.3 Å². The minimum atomic E-state index is -0.994. The highest BCUT2D eigenvalue weighted by molar-refractivity contribution is 5.89. The van der Waals surface area contributed by atoms with E-state index >= 15 is 0 Å². The summed E-state index contributed by atoms with van der Waals surface area (Å²) in [6, 6.07) is 12.2. The number of aromatic nitrogens is 1. The molecule has 0 saturated carbocycles. The summed E-state index contributed by atoms with van der Waals surface area (Å²) in [5.41, 5.74) is 1.99. The van der Waals surface area contributed by atoms with Gasteiger partial charge in [0.05, 0.1) is 16.8 Å². The van der Waals surface area contributed by atoms with Crippen LogP contribution in [0.3, 0.4) is 0 Å². The van der Waals surface area contributed by atoms with Crippen LogP contribution >= 0.6 is 0 Å². The van der Waals surface area contributed by atoms with Gasteiger partial charge in [0.15, 0.2) is 0 Å². The highest BCUT2D eigenvalue weighted by Gasteiger charge is 2.09. The number of hydrogen-bond acceptors (Lipinski definition) is 4. The Morgan fingerprint density at radius 3 is 2.81 bits per heavy atom. The molecule has 2 N–H and O–H groups in total. The number of nitriles is 1. The SMILES string of the molecule is CCCc1cc(C(=O)O)cc(Nc2ccccc2C#N)n1. The van der Waals surface area contributed by atoms with Crippen molar-refractivity contribution in [3.8, 4) is 6.07 Å². The van der Waals surface area contributed by atoms with Crippen molar-refractivity contribution in [2.45, 2.75) is 19.8 Å². The molecule has 0 atom stereocenters. The Kier molecular flexibility index (Phi) is 4.52. The zero-order valence-electron chi connectivity index (χ0n) is 11.6. The van der Waals surface area contributed by atoms with Gasteiger partial charge in [0.1, 0.15) is 11.9 Å². The lowest BCUT2D eigenvalue weighted by Crippen LogP contribution is -2.04. The molecule has 1 heterocycles. The van der Waals surface area contributed by atoms with Crippen LogP contribution in [0.2, 0.25) is 0 Å². The number of nitrogens with one attached hydrogen (secondary N) is 1. The van der Waals surface area contributed by atoms with Gasteiger partial charge in [0.25, 0.3) is 0 Å². The lowest BCUT2D eigenvalue weighted by atomic mass is 10.1. The molecule has 1 aromatic heterocycles. The molecule has 0 radical (unpaired) electrons. The van der Waals surface area contributed by atoms with Crippen LogP contribution in [-0.2, 0) is 6.42 Å². The Bertz CT molecular complexity index is 705. The Hall–Kier alpha value is -2.87. The van der Waals surface area contributed by atoms with Crippen molar-refractivity contribution in [2.75, 3.05) is 5.32 Å². The Balaban J connectivity index is 2.39. The van der Waals surface area contributed by atoms with Crippen molar-refractivity contribution in [1.82, 2.24) is 4.98 Å². The van der Waals surface area contributed by atoms with E-state index in [-0.39, 0.29) is 5.56 Å². The first-order valence-corrected chi connectivity index (χ1v) is 6.64. The van der Waals surface area contributed by atoms with E-state index in [0.717, 1.165) is 6.42 Å². The summed E-state index contributed by atoms with van der Waals surface area (Å²) in [4.78, 5) is 15.6. The summed E-state index contributed by atoms with van der Waals surface area (Å²) < 4.78 is 0. The second-order valence-corrected chi connectivity index (χ2v) is 4.57. The van der Waals surface area contributed by atoms with E-state index < -0.39 is 5.97 Å². The molecule has 5 heteroatoms. The lowest BCUT2D eigenvalue weighted by Gasteiger charge is -2.10. The average Bonchev–Trinajstić information content (AvgIpc) is 2.48. The molecule has 0 spiro atoms. The van der Waals surface area contributed by atoms with Crippen molar-refractivity contribution in [3.63, 3.8) is 0 Å². The summed E-state index contributed by atoms with van der Waals surface area (Å²) in [5.74, 6) is -0.563. The maximum Gasteiger partial charge on any atom is 0.335 e. The zero-order chi connectivity index (χ0) is 15.2. The molecule has 0 aliphatic carbocycles. The van der Waals surface area contributed by atoms with Crippen molar-refractivity contribution in [3.05, 3.63) is 53.2 Å². The van der Waals surface area contributed by atoms with Gasteiger partial charge in [-0.15, -0.1) is 0 Å². The number of rotatable bonds is 5. The summed E-state index contributed by atoms with van der Waals surface area (Å²) >= 11 is 0. The lowest BCUT2D eigenvalue weighted by molar-refractivity contribution is 0.0696. The van der Waals surface area contributed by atoms with Crippen LogP contribution in [0.25, 0.3) is 0 Å². The maximum atomic E-state index is 11.2. The van der Waals surface area contributed by atoms with E-state index in [1.807, 2.05) is 6.92 Å². The number of carbonyl (C=O) groups is 1. The third-order valence-corrected chi connectivity index (χ3v) is 2.94. The molecule has 106 valence electrons. The second-order valence-electron chi connectivity index (χ2n) is 4.57. The van der Waals surface area contributed by atoms with E-state index in [1.54, 1.807) is 30.3 Å². The molecule has 1 aromatic carbocycles. The largest absolute Gasteiger partial charge is 0.478 e. The van der Waals surface area contributed by atoms with E-state index in [4.69, 9.17) is 10.4 Å². The minimum absolute atomic E-state index is 0.186. The van der Waals surface area contributed by atoms with Crippen molar-refractivity contribution in [2.24, 2.45) is 0 Å². The number of carboxylic acids is 1. The number of aryl methyl sites for hydroxylation is 1. The third kappa shape index (κ3) is 3.57. The van der Waals surface area contributed by atoms with Crippen LogP contribution < -0.4 is 5.32 Å². The molecular formula is C16H15N3O2. The third-order valence-electron chi connectivity index (χ3n) is 2.94. The zero-order valence-corrected chi connectivity index (χ0v) is 11.6. The normalized spacial score (nSPS) is 9.90. The van der Waals surface area contributed by atoms with Gasteiger partial charge in [0, 0.05) is 5.69 Å². The number of pyridine rings is 1. The molecule has 0 saturated heterocycles. The number of nitrogens with zero attached hydrogens (tertiary/aromatic N) is 2. The summed E-state index contributed by atoms with van der Waals surface area (Å²) in [5, 5.41) is 21.3. The Morgan fingerprint density at radius 1 is 1.38 bits per heavy atom. The van der Waals surface area contributed by atoms with Crippen molar-refractivity contribution in [1.29, 1.82) is 5.26 Å². The average molecular weight is 281 g/mol. The molecular weight excluding hydrogens is 266 g/mol. The molecule has 0 amide bonds. The number of aromatic carboxylic acids is 1. The summed E-state index contributed by atoms with van der Waals surface area (Å²) in [6.07, 6.45) is 1.58. The number of carboxylic acid groups (broad SMARTS) is 1. The molecule has 0 aliphatic rings. The van der Waals surface area contributed by atoms with E-state index in [2.05, 4.69) is 16.4 Å². The highest BCUT2D eigenvalue weighted by atomic mass is 16.4. The van der Waals surface area contributed by atoms with Crippen molar-refractivity contribution >= 4 is 17.5 Å². The quantitative estimate of drug-likeness (QED) is 0.877.